The fourth-order valence-corrected chi connectivity index (χ4v) is 1.84. The summed E-state index contributed by atoms with van der Waals surface area (Å²) in [6, 6.07) is 11.6. The van der Waals surface area contributed by atoms with Crippen LogP contribution < -0.4 is 10.6 Å². The second-order valence-corrected chi connectivity index (χ2v) is 4.55. The van der Waals surface area contributed by atoms with E-state index in [0.717, 1.165) is 11.3 Å². The van der Waals surface area contributed by atoms with Crippen molar-refractivity contribution in [2.45, 2.75) is 6.54 Å². The van der Waals surface area contributed by atoms with Gasteiger partial charge in [-0.05, 0) is 11.6 Å². The number of nitrogens with zero attached hydrogens (tertiary/aromatic N) is 1. The third-order valence-electron chi connectivity index (χ3n) is 2.93. The lowest BCUT2D eigenvalue weighted by atomic mass is 10.2. The fourth-order valence-electron chi connectivity index (χ4n) is 1.84. The lowest BCUT2D eigenvalue weighted by molar-refractivity contribution is 0.0950. The van der Waals surface area contributed by atoms with E-state index in [4.69, 9.17) is 4.74 Å². The maximum atomic E-state index is 12.1. The first kappa shape index (κ1) is 15.0. The molecule has 2 rings (SSSR count). The zero-order valence-electron chi connectivity index (χ0n) is 12.0. The van der Waals surface area contributed by atoms with Crippen molar-refractivity contribution in [3.05, 3.63) is 59.9 Å². The number of rotatable bonds is 7. The number of carbonyl (C=O) groups excluding carboxylic acids is 1. The van der Waals surface area contributed by atoms with Crippen LogP contribution in [-0.4, -0.2) is 31.2 Å². The Labute approximate surface area is 124 Å². The molecule has 0 aliphatic heterocycles. The van der Waals surface area contributed by atoms with Gasteiger partial charge in [0.05, 0.1) is 17.9 Å². The summed E-state index contributed by atoms with van der Waals surface area (Å²) in [4.78, 5) is 16.2. The molecule has 0 aliphatic carbocycles. The van der Waals surface area contributed by atoms with Gasteiger partial charge in [-0.25, -0.2) is 0 Å². The van der Waals surface area contributed by atoms with Crippen molar-refractivity contribution in [3.63, 3.8) is 0 Å². The number of nitrogens with one attached hydrogen (secondary N) is 2. The number of methoxy groups -OCH3 is 1. The van der Waals surface area contributed by atoms with Crippen LogP contribution in [0.15, 0.2) is 48.8 Å². The third kappa shape index (κ3) is 4.89. The SMILES string of the molecule is COCCNc1cncc(C(=O)NCc2ccccc2)c1. The number of carbonyl (C=O) groups is 1. The molecule has 1 heterocycles. The molecule has 21 heavy (non-hydrogen) atoms. The molecule has 0 saturated carbocycles. The monoisotopic (exact) mass is 285 g/mol. The van der Waals surface area contributed by atoms with E-state index >= 15 is 0 Å². The van der Waals surface area contributed by atoms with Crippen LogP contribution in [0, 0.1) is 0 Å². The van der Waals surface area contributed by atoms with Gasteiger partial charge in [-0.1, -0.05) is 30.3 Å². The lowest BCUT2D eigenvalue weighted by Crippen LogP contribution is -2.23. The minimum absolute atomic E-state index is 0.137. The Balaban J connectivity index is 1.91. The van der Waals surface area contributed by atoms with E-state index in [-0.39, 0.29) is 5.91 Å². The summed E-state index contributed by atoms with van der Waals surface area (Å²) >= 11 is 0. The second-order valence-electron chi connectivity index (χ2n) is 4.55. The molecule has 2 N–H and O–H groups in total. The van der Waals surface area contributed by atoms with Crippen LogP contribution in [-0.2, 0) is 11.3 Å². The summed E-state index contributed by atoms with van der Waals surface area (Å²) in [6.07, 6.45) is 3.24. The third-order valence-corrected chi connectivity index (χ3v) is 2.93. The molecule has 2 aromatic rings. The molecule has 5 nitrogen and oxygen atoms in total. The summed E-state index contributed by atoms with van der Waals surface area (Å²) in [6.45, 7) is 1.78. The van der Waals surface area contributed by atoms with Gasteiger partial charge in [-0.15, -0.1) is 0 Å². The number of aromatic nitrogens is 1. The van der Waals surface area contributed by atoms with E-state index < -0.39 is 0 Å². The lowest BCUT2D eigenvalue weighted by Gasteiger charge is -2.08. The molecular formula is C16H19N3O2. The van der Waals surface area contributed by atoms with Crippen molar-refractivity contribution in [2.75, 3.05) is 25.6 Å². The maximum absolute atomic E-state index is 12.1. The molecule has 0 unspecified atom stereocenters. The van der Waals surface area contributed by atoms with Crippen LogP contribution in [0.1, 0.15) is 15.9 Å². The molecule has 0 radical (unpaired) electrons. The van der Waals surface area contributed by atoms with Gasteiger partial charge in [0.2, 0.25) is 0 Å². The Bertz CT molecular complexity index is 573. The van der Waals surface area contributed by atoms with Crippen LogP contribution in [0.5, 0.6) is 0 Å². The van der Waals surface area contributed by atoms with E-state index in [0.29, 0.717) is 25.3 Å². The molecule has 110 valence electrons. The number of anilines is 1. The Kier molecular flexibility index (Phi) is 5.72. The first-order valence-corrected chi connectivity index (χ1v) is 6.79. The molecule has 5 heteroatoms. The highest BCUT2D eigenvalue weighted by Crippen LogP contribution is 2.08. The van der Waals surface area contributed by atoms with Crippen molar-refractivity contribution >= 4 is 11.6 Å². The van der Waals surface area contributed by atoms with Gasteiger partial charge in [-0.2, -0.15) is 0 Å². The molecule has 0 aliphatic rings. The van der Waals surface area contributed by atoms with Gasteiger partial charge in [-0.3, -0.25) is 9.78 Å². The van der Waals surface area contributed by atoms with Gasteiger partial charge >= 0.3 is 0 Å². The first-order valence-electron chi connectivity index (χ1n) is 6.79. The van der Waals surface area contributed by atoms with Crippen molar-refractivity contribution in [2.24, 2.45) is 0 Å². The van der Waals surface area contributed by atoms with Gasteiger partial charge in [0.25, 0.3) is 5.91 Å². The van der Waals surface area contributed by atoms with Gasteiger partial charge < -0.3 is 15.4 Å². The van der Waals surface area contributed by atoms with Crippen LogP contribution in [0.25, 0.3) is 0 Å². The largest absolute Gasteiger partial charge is 0.383 e. The summed E-state index contributed by atoms with van der Waals surface area (Å²) in [5, 5.41) is 6.03. The normalized spacial score (nSPS) is 10.1. The molecule has 0 atom stereocenters. The molecule has 0 saturated heterocycles. The fraction of sp³-hybridized carbons (Fsp3) is 0.250. The highest BCUT2D eigenvalue weighted by atomic mass is 16.5. The van der Waals surface area contributed by atoms with E-state index in [2.05, 4.69) is 15.6 Å². The van der Waals surface area contributed by atoms with E-state index in [1.165, 1.54) is 0 Å². The molecule has 0 spiro atoms. The van der Waals surface area contributed by atoms with Crippen LogP contribution in [0.3, 0.4) is 0 Å². The zero-order valence-corrected chi connectivity index (χ0v) is 12.0. The summed E-state index contributed by atoms with van der Waals surface area (Å²) in [5.41, 5.74) is 2.40. The topological polar surface area (TPSA) is 63.2 Å². The van der Waals surface area contributed by atoms with Crippen LogP contribution in [0.4, 0.5) is 5.69 Å². The summed E-state index contributed by atoms with van der Waals surface area (Å²) in [5.74, 6) is -0.137. The van der Waals surface area contributed by atoms with Gasteiger partial charge in [0.1, 0.15) is 0 Å². The number of ether oxygens (including phenoxy) is 1. The summed E-state index contributed by atoms with van der Waals surface area (Å²) in [7, 11) is 1.65. The zero-order chi connectivity index (χ0) is 14.9. The standard InChI is InChI=1S/C16H19N3O2/c1-21-8-7-18-15-9-14(11-17-12-15)16(20)19-10-13-5-3-2-4-6-13/h2-6,9,11-12,18H,7-8,10H2,1H3,(H,19,20). The average Bonchev–Trinajstić information content (AvgIpc) is 2.54. The van der Waals surface area contributed by atoms with E-state index in [1.807, 2.05) is 30.3 Å². The number of pyridine rings is 1. The second kappa shape index (κ2) is 8.01. The molecule has 0 bridgehead atoms. The summed E-state index contributed by atoms with van der Waals surface area (Å²) < 4.78 is 4.97. The van der Waals surface area contributed by atoms with Crippen molar-refractivity contribution in [1.82, 2.24) is 10.3 Å². The van der Waals surface area contributed by atoms with E-state index in [9.17, 15) is 4.79 Å². The van der Waals surface area contributed by atoms with Crippen molar-refractivity contribution in [3.8, 4) is 0 Å². The number of hydrogen-bond donors (Lipinski definition) is 2. The Morgan fingerprint density at radius 2 is 2.05 bits per heavy atom. The minimum atomic E-state index is -0.137. The Hall–Kier alpha value is -2.40. The van der Waals surface area contributed by atoms with Gasteiger partial charge in [0, 0.05) is 32.6 Å². The van der Waals surface area contributed by atoms with E-state index in [1.54, 1.807) is 25.6 Å². The van der Waals surface area contributed by atoms with Crippen molar-refractivity contribution in [1.29, 1.82) is 0 Å². The Morgan fingerprint density at radius 3 is 2.81 bits per heavy atom. The van der Waals surface area contributed by atoms with Crippen LogP contribution >= 0.6 is 0 Å². The predicted molar refractivity (Wildman–Crippen MR) is 82.2 cm³/mol. The molecule has 0 fully saturated rings. The van der Waals surface area contributed by atoms with Crippen LogP contribution in [0.2, 0.25) is 0 Å². The maximum Gasteiger partial charge on any atom is 0.253 e. The quantitative estimate of drug-likeness (QED) is 0.764. The average molecular weight is 285 g/mol. The number of hydrogen-bond acceptors (Lipinski definition) is 4. The molecular weight excluding hydrogens is 266 g/mol. The highest BCUT2D eigenvalue weighted by molar-refractivity contribution is 5.94. The number of amides is 1. The molecule has 1 aromatic heterocycles. The van der Waals surface area contributed by atoms with Gasteiger partial charge in [0.15, 0.2) is 0 Å². The predicted octanol–water partition coefficient (Wildman–Crippen LogP) is 2.07. The first-order chi connectivity index (χ1) is 10.3. The minimum Gasteiger partial charge on any atom is -0.383 e. The highest BCUT2D eigenvalue weighted by Gasteiger charge is 2.06. The number of benzene rings is 1. The molecule has 1 amide bonds. The smallest absolute Gasteiger partial charge is 0.253 e. The molecule has 1 aromatic carbocycles. The Morgan fingerprint density at radius 1 is 1.24 bits per heavy atom. The van der Waals surface area contributed by atoms with Crippen molar-refractivity contribution < 1.29 is 9.53 Å².